The number of rotatable bonds is 4. The smallest absolute Gasteiger partial charge is 0.166 e. The predicted octanol–water partition coefficient (Wildman–Crippen LogP) is 4.92. The van der Waals surface area contributed by atoms with Crippen LogP contribution < -0.4 is 4.74 Å². The summed E-state index contributed by atoms with van der Waals surface area (Å²) >= 11 is 0. The van der Waals surface area contributed by atoms with E-state index in [-0.39, 0.29) is 11.7 Å². The molecule has 23 heavy (non-hydrogen) atoms. The van der Waals surface area contributed by atoms with Crippen LogP contribution in [0.5, 0.6) is 5.75 Å². The van der Waals surface area contributed by atoms with E-state index in [9.17, 15) is 9.18 Å². The quantitative estimate of drug-likeness (QED) is 0.695. The van der Waals surface area contributed by atoms with Gasteiger partial charge in [0, 0.05) is 10.9 Å². The summed E-state index contributed by atoms with van der Waals surface area (Å²) in [5.74, 6) is 0.432. The first-order valence-electron chi connectivity index (χ1n) is 7.50. The molecule has 0 atom stereocenters. The Morgan fingerprint density at radius 3 is 2.57 bits per heavy atom. The van der Waals surface area contributed by atoms with E-state index >= 15 is 0 Å². The Morgan fingerprint density at radius 2 is 1.91 bits per heavy atom. The van der Waals surface area contributed by atoms with Gasteiger partial charge in [0.05, 0.1) is 18.3 Å². The van der Waals surface area contributed by atoms with E-state index in [1.165, 1.54) is 0 Å². The van der Waals surface area contributed by atoms with Crippen LogP contribution in [0.2, 0.25) is 0 Å². The fourth-order valence-corrected chi connectivity index (χ4v) is 2.88. The maximum Gasteiger partial charge on any atom is 0.166 e. The summed E-state index contributed by atoms with van der Waals surface area (Å²) in [5, 5.41) is 0.679. The van der Waals surface area contributed by atoms with Crippen LogP contribution in [0, 0.1) is 5.82 Å². The number of benzene rings is 2. The molecule has 3 aromatic rings. The van der Waals surface area contributed by atoms with Crippen molar-refractivity contribution in [3.8, 4) is 16.9 Å². The molecule has 2 aromatic carbocycles. The van der Waals surface area contributed by atoms with Crippen molar-refractivity contribution < 1.29 is 13.9 Å². The predicted molar refractivity (Wildman–Crippen MR) is 89.7 cm³/mol. The van der Waals surface area contributed by atoms with E-state index in [1.807, 2.05) is 44.2 Å². The van der Waals surface area contributed by atoms with Crippen LogP contribution in [0.4, 0.5) is 4.39 Å². The third-order valence-electron chi connectivity index (χ3n) is 4.05. The van der Waals surface area contributed by atoms with Crippen LogP contribution in [0.1, 0.15) is 35.8 Å². The fraction of sp³-hybridized carbons (Fsp3) is 0.211. The molecule has 0 spiro atoms. The first-order chi connectivity index (χ1) is 11.1. The molecular formula is C19H18FNO2. The number of aldehydes is 1. The van der Waals surface area contributed by atoms with Crippen LogP contribution in [0.25, 0.3) is 22.0 Å². The highest BCUT2D eigenvalue weighted by molar-refractivity contribution is 6.00. The lowest BCUT2D eigenvalue weighted by atomic mass is 9.93. The molecule has 0 aliphatic carbocycles. The molecule has 1 aromatic heterocycles. The number of H-pyrrole nitrogens is 1. The highest BCUT2D eigenvalue weighted by Crippen LogP contribution is 2.39. The van der Waals surface area contributed by atoms with Crippen molar-refractivity contribution in [1.82, 2.24) is 4.98 Å². The second-order valence-corrected chi connectivity index (χ2v) is 5.81. The third kappa shape index (κ3) is 2.50. The van der Waals surface area contributed by atoms with Crippen molar-refractivity contribution in [2.45, 2.75) is 19.8 Å². The Morgan fingerprint density at radius 1 is 1.17 bits per heavy atom. The molecule has 0 fully saturated rings. The molecule has 1 N–H and O–H groups in total. The molecule has 0 unspecified atom stereocenters. The van der Waals surface area contributed by atoms with Crippen LogP contribution in [0.3, 0.4) is 0 Å². The first kappa shape index (κ1) is 15.3. The minimum atomic E-state index is -0.304. The van der Waals surface area contributed by atoms with Crippen LogP contribution in [-0.4, -0.2) is 18.4 Å². The maximum absolute atomic E-state index is 14.8. The zero-order chi connectivity index (χ0) is 16.6. The number of methoxy groups -OCH3 is 1. The third-order valence-corrected chi connectivity index (χ3v) is 4.05. The minimum Gasteiger partial charge on any atom is -0.496 e. The Kier molecular flexibility index (Phi) is 3.90. The Bertz CT molecular complexity index is 880. The van der Waals surface area contributed by atoms with Gasteiger partial charge in [0.15, 0.2) is 12.1 Å². The number of para-hydroxylation sites is 1. The number of ether oxygens (including phenoxy) is 1. The number of hydrogen-bond donors (Lipinski definition) is 1. The molecule has 0 saturated carbocycles. The Balaban J connectivity index is 2.41. The number of carbonyl (C=O) groups excluding carboxylic acids is 1. The summed E-state index contributed by atoms with van der Waals surface area (Å²) in [4.78, 5) is 14.0. The topological polar surface area (TPSA) is 42.1 Å². The number of carbonyl (C=O) groups is 1. The first-order valence-corrected chi connectivity index (χ1v) is 7.50. The van der Waals surface area contributed by atoms with Gasteiger partial charge in [-0.1, -0.05) is 32.0 Å². The lowest BCUT2D eigenvalue weighted by Gasteiger charge is -2.14. The van der Waals surface area contributed by atoms with Gasteiger partial charge < -0.3 is 9.72 Å². The molecule has 1 heterocycles. The van der Waals surface area contributed by atoms with Crippen molar-refractivity contribution in [2.75, 3.05) is 7.11 Å². The van der Waals surface area contributed by atoms with Crippen molar-refractivity contribution >= 4 is 17.2 Å². The molecule has 3 nitrogen and oxygen atoms in total. The van der Waals surface area contributed by atoms with Crippen LogP contribution >= 0.6 is 0 Å². The Hall–Kier alpha value is -2.62. The monoisotopic (exact) mass is 311 g/mol. The van der Waals surface area contributed by atoms with Crippen LogP contribution in [0.15, 0.2) is 36.4 Å². The van der Waals surface area contributed by atoms with Gasteiger partial charge in [-0.2, -0.15) is 0 Å². The standard InChI is InChI=1S/C19H18FNO2/c1-11(2)14-9-15(13-6-4-5-7-17(13)23-3)16-8-12(10-22)21-19(16)18(14)20/h4-11,21H,1-3H3. The van der Waals surface area contributed by atoms with Crippen molar-refractivity contribution in [3.63, 3.8) is 0 Å². The molecule has 4 heteroatoms. The zero-order valence-electron chi connectivity index (χ0n) is 13.3. The zero-order valence-corrected chi connectivity index (χ0v) is 13.3. The molecule has 0 bridgehead atoms. The maximum atomic E-state index is 14.8. The second kappa shape index (κ2) is 5.88. The molecule has 0 amide bonds. The van der Waals surface area contributed by atoms with Gasteiger partial charge in [-0.15, -0.1) is 0 Å². The highest BCUT2D eigenvalue weighted by Gasteiger charge is 2.19. The summed E-state index contributed by atoms with van der Waals surface area (Å²) in [7, 11) is 1.61. The summed E-state index contributed by atoms with van der Waals surface area (Å²) in [6.45, 7) is 3.89. The van der Waals surface area contributed by atoms with E-state index in [4.69, 9.17) is 4.74 Å². The average molecular weight is 311 g/mol. The number of nitrogens with one attached hydrogen (secondary N) is 1. The number of halogens is 1. The van der Waals surface area contributed by atoms with E-state index in [2.05, 4.69) is 4.98 Å². The van der Waals surface area contributed by atoms with Crippen molar-refractivity contribution in [3.05, 3.63) is 53.5 Å². The highest BCUT2D eigenvalue weighted by atomic mass is 19.1. The van der Waals surface area contributed by atoms with E-state index in [0.717, 1.165) is 11.1 Å². The summed E-state index contributed by atoms with van der Waals surface area (Å²) in [6, 6.07) is 11.1. The van der Waals surface area contributed by atoms with E-state index in [0.29, 0.717) is 34.2 Å². The number of aromatic amines is 1. The SMILES string of the molecule is COc1ccccc1-c1cc(C(C)C)c(F)c2[nH]c(C=O)cc12. The van der Waals surface area contributed by atoms with Crippen LogP contribution in [-0.2, 0) is 0 Å². The lowest BCUT2D eigenvalue weighted by molar-refractivity contribution is 0.112. The second-order valence-electron chi connectivity index (χ2n) is 5.81. The van der Waals surface area contributed by atoms with Crippen molar-refractivity contribution in [1.29, 1.82) is 0 Å². The van der Waals surface area contributed by atoms with Gasteiger partial charge in [0.2, 0.25) is 0 Å². The molecule has 3 rings (SSSR count). The molecule has 0 aliphatic rings. The normalized spacial score (nSPS) is 11.2. The molecular weight excluding hydrogens is 293 g/mol. The van der Waals surface area contributed by atoms with Gasteiger partial charge in [-0.3, -0.25) is 4.79 Å². The van der Waals surface area contributed by atoms with E-state index in [1.54, 1.807) is 13.2 Å². The van der Waals surface area contributed by atoms with Gasteiger partial charge >= 0.3 is 0 Å². The molecule has 0 saturated heterocycles. The largest absolute Gasteiger partial charge is 0.496 e. The number of fused-ring (bicyclic) bond motifs is 1. The molecule has 0 aliphatic heterocycles. The number of hydrogen-bond acceptors (Lipinski definition) is 2. The molecule has 0 radical (unpaired) electrons. The van der Waals surface area contributed by atoms with Crippen molar-refractivity contribution in [2.24, 2.45) is 0 Å². The summed E-state index contributed by atoms with van der Waals surface area (Å²) < 4.78 is 20.2. The average Bonchev–Trinajstić information content (AvgIpc) is 3.00. The minimum absolute atomic E-state index is 0.0239. The summed E-state index contributed by atoms with van der Waals surface area (Å²) in [5.41, 5.74) is 3.05. The Labute approximate surface area is 134 Å². The molecule has 118 valence electrons. The number of aromatic nitrogens is 1. The van der Waals surface area contributed by atoms with Gasteiger partial charge in [0.25, 0.3) is 0 Å². The fourth-order valence-electron chi connectivity index (χ4n) is 2.88. The van der Waals surface area contributed by atoms with Gasteiger partial charge in [0.1, 0.15) is 5.75 Å². The van der Waals surface area contributed by atoms with Gasteiger partial charge in [-0.25, -0.2) is 4.39 Å². The van der Waals surface area contributed by atoms with E-state index < -0.39 is 0 Å². The lowest BCUT2D eigenvalue weighted by Crippen LogP contribution is -1.97. The summed E-state index contributed by atoms with van der Waals surface area (Å²) in [6.07, 6.45) is 0.695. The van der Waals surface area contributed by atoms with Gasteiger partial charge in [-0.05, 0) is 35.2 Å².